The monoisotopic (exact) mass is 357 g/mol. The molecule has 0 atom stereocenters. The molecule has 0 spiro atoms. The Kier molecular flexibility index (Phi) is 4.18. The summed E-state index contributed by atoms with van der Waals surface area (Å²) in [5, 5.41) is -0.150. The van der Waals surface area contributed by atoms with E-state index in [4.69, 9.17) is 21.1 Å². The number of nitrogens with zero attached hydrogens (tertiary/aromatic N) is 1. The number of fused-ring (bicyclic) bond motifs is 1. The molecule has 0 bridgehead atoms. The highest BCUT2D eigenvalue weighted by atomic mass is 35.5. The molecule has 0 aliphatic carbocycles. The largest absolute Gasteiger partial charge is 0.454 e. The molecule has 3 rings (SSSR count). The standard InChI is InChI=1S/C15H13ClFNO4S/c1-18(8-10-2-4-13-14(6-10)22-9-21-13)23(19,20)15-5-3-11(17)7-12(15)16/h2-7H,8-9H2,1H3. The molecule has 23 heavy (non-hydrogen) atoms. The second kappa shape index (κ2) is 5.99. The molecule has 122 valence electrons. The quantitative estimate of drug-likeness (QED) is 0.844. The summed E-state index contributed by atoms with van der Waals surface area (Å²) in [4.78, 5) is -0.135. The molecule has 0 fully saturated rings. The van der Waals surface area contributed by atoms with Crippen molar-refractivity contribution in [2.24, 2.45) is 0 Å². The van der Waals surface area contributed by atoms with Crippen molar-refractivity contribution in [3.63, 3.8) is 0 Å². The predicted molar refractivity (Wildman–Crippen MR) is 82.6 cm³/mol. The Balaban J connectivity index is 1.85. The summed E-state index contributed by atoms with van der Waals surface area (Å²) in [7, 11) is -2.41. The number of rotatable bonds is 4. The van der Waals surface area contributed by atoms with Crippen LogP contribution in [0.25, 0.3) is 0 Å². The van der Waals surface area contributed by atoms with Gasteiger partial charge in [-0.05, 0) is 35.9 Å². The van der Waals surface area contributed by atoms with Crippen molar-refractivity contribution in [2.75, 3.05) is 13.8 Å². The van der Waals surface area contributed by atoms with Gasteiger partial charge in [-0.15, -0.1) is 0 Å². The molecule has 8 heteroatoms. The van der Waals surface area contributed by atoms with E-state index in [1.54, 1.807) is 18.2 Å². The van der Waals surface area contributed by atoms with Gasteiger partial charge in [0.05, 0.1) is 5.02 Å². The van der Waals surface area contributed by atoms with Gasteiger partial charge < -0.3 is 9.47 Å². The smallest absolute Gasteiger partial charge is 0.244 e. The molecule has 0 unspecified atom stereocenters. The maximum absolute atomic E-state index is 13.1. The topological polar surface area (TPSA) is 55.8 Å². The van der Waals surface area contributed by atoms with Crippen LogP contribution in [0.3, 0.4) is 0 Å². The Morgan fingerprint density at radius 2 is 1.91 bits per heavy atom. The number of sulfonamides is 1. The van der Waals surface area contributed by atoms with Crippen molar-refractivity contribution in [1.29, 1.82) is 0 Å². The molecule has 1 aliphatic heterocycles. The second-order valence-electron chi connectivity index (χ2n) is 5.02. The molecule has 0 aromatic heterocycles. The Morgan fingerprint density at radius 3 is 2.65 bits per heavy atom. The molecule has 5 nitrogen and oxygen atoms in total. The minimum atomic E-state index is -3.84. The summed E-state index contributed by atoms with van der Waals surface area (Å²) in [6, 6.07) is 8.40. The Morgan fingerprint density at radius 1 is 1.17 bits per heavy atom. The number of hydrogen-bond acceptors (Lipinski definition) is 4. The van der Waals surface area contributed by atoms with E-state index in [-0.39, 0.29) is 23.3 Å². The van der Waals surface area contributed by atoms with Gasteiger partial charge in [0.1, 0.15) is 10.7 Å². The van der Waals surface area contributed by atoms with Crippen LogP contribution in [-0.2, 0) is 16.6 Å². The van der Waals surface area contributed by atoms with Gasteiger partial charge in [0.2, 0.25) is 16.8 Å². The first-order valence-electron chi connectivity index (χ1n) is 6.68. The highest BCUT2D eigenvalue weighted by Crippen LogP contribution is 2.33. The van der Waals surface area contributed by atoms with Crippen molar-refractivity contribution in [3.8, 4) is 11.5 Å². The van der Waals surface area contributed by atoms with E-state index < -0.39 is 15.8 Å². The van der Waals surface area contributed by atoms with E-state index in [1.807, 2.05) is 0 Å². The molecule has 0 saturated carbocycles. The predicted octanol–water partition coefficient (Wildman–Crippen LogP) is 3.03. The number of benzene rings is 2. The zero-order chi connectivity index (χ0) is 16.6. The molecule has 2 aromatic rings. The van der Waals surface area contributed by atoms with Crippen LogP contribution < -0.4 is 9.47 Å². The lowest BCUT2D eigenvalue weighted by Crippen LogP contribution is -2.26. The highest BCUT2D eigenvalue weighted by Gasteiger charge is 2.24. The summed E-state index contributed by atoms with van der Waals surface area (Å²) < 4.78 is 49.9. The number of halogens is 2. The van der Waals surface area contributed by atoms with E-state index in [0.717, 1.165) is 28.1 Å². The zero-order valence-corrected chi connectivity index (χ0v) is 13.7. The van der Waals surface area contributed by atoms with E-state index in [1.165, 1.54) is 7.05 Å². The normalized spacial score (nSPS) is 13.6. The first kappa shape index (κ1) is 16.0. The fraction of sp³-hybridized carbons (Fsp3) is 0.200. The van der Waals surface area contributed by atoms with E-state index >= 15 is 0 Å². The number of hydrogen-bond donors (Lipinski definition) is 0. The van der Waals surface area contributed by atoms with Crippen molar-refractivity contribution < 1.29 is 22.3 Å². The van der Waals surface area contributed by atoms with Crippen molar-refractivity contribution in [2.45, 2.75) is 11.4 Å². The van der Waals surface area contributed by atoms with Crippen LogP contribution >= 0.6 is 11.6 Å². The molecular weight excluding hydrogens is 345 g/mol. The molecule has 0 amide bonds. The summed E-state index contributed by atoms with van der Waals surface area (Å²) in [6.07, 6.45) is 0. The van der Waals surface area contributed by atoms with Crippen molar-refractivity contribution in [3.05, 3.63) is 52.8 Å². The van der Waals surface area contributed by atoms with E-state index in [9.17, 15) is 12.8 Å². The average Bonchev–Trinajstić information content (AvgIpc) is 2.94. The maximum atomic E-state index is 13.1. The third-order valence-corrected chi connectivity index (χ3v) is 5.71. The molecule has 0 N–H and O–H groups in total. The first-order valence-corrected chi connectivity index (χ1v) is 8.49. The lowest BCUT2D eigenvalue weighted by atomic mass is 10.2. The van der Waals surface area contributed by atoms with Gasteiger partial charge in [-0.25, -0.2) is 12.8 Å². The summed E-state index contributed by atoms with van der Waals surface area (Å²) in [6.45, 7) is 0.269. The lowest BCUT2D eigenvalue weighted by Gasteiger charge is -2.18. The van der Waals surface area contributed by atoms with Crippen LogP contribution in [0.2, 0.25) is 5.02 Å². The minimum Gasteiger partial charge on any atom is -0.454 e. The molecule has 2 aromatic carbocycles. The molecule has 1 aliphatic rings. The summed E-state index contributed by atoms with van der Waals surface area (Å²) in [5.74, 6) is 0.612. The summed E-state index contributed by atoms with van der Waals surface area (Å²) >= 11 is 5.86. The van der Waals surface area contributed by atoms with Crippen LogP contribution in [0, 0.1) is 5.82 Å². The van der Waals surface area contributed by atoms with Gasteiger partial charge in [0, 0.05) is 13.6 Å². The Hall–Kier alpha value is -1.83. The lowest BCUT2D eigenvalue weighted by molar-refractivity contribution is 0.174. The first-order chi connectivity index (χ1) is 10.9. The molecule has 1 heterocycles. The van der Waals surface area contributed by atoms with Crippen LogP contribution in [0.15, 0.2) is 41.3 Å². The van der Waals surface area contributed by atoms with Gasteiger partial charge in [0.15, 0.2) is 11.5 Å². The fourth-order valence-corrected chi connectivity index (χ4v) is 3.89. The summed E-state index contributed by atoms with van der Waals surface area (Å²) in [5.41, 5.74) is 0.735. The van der Waals surface area contributed by atoms with Gasteiger partial charge in [-0.1, -0.05) is 17.7 Å². The Bertz CT molecular complexity index is 857. The minimum absolute atomic E-state index is 0.118. The van der Waals surface area contributed by atoms with Crippen LogP contribution in [0.4, 0.5) is 4.39 Å². The third kappa shape index (κ3) is 3.12. The van der Waals surface area contributed by atoms with Crippen LogP contribution in [0.1, 0.15) is 5.56 Å². The number of ether oxygens (including phenoxy) is 2. The average molecular weight is 358 g/mol. The van der Waals surface area contributed by atoms with Gasteiger partial charge in [-0.3, -0.25) is 0 Å². The fourth-order valence-electron chi connectivity index (χ4n) is 2.23. The zero-order valence-electron chi connectivity index (χ0n) is 12.1. The Labute approximate surface area is 138 Å². The molecular formula is C15H13ClFNO4S. The van der Waals surface area contributed by atoms with Crippen LogP contribution in [0.5, 0.6) is 11.5 Å². The molecule has 0 radical (unpaired) electrons. The van der Waals surface area contributed by atoms with Crippen molar-refractivity contribution >= 4 is 21.6 Å². The third-order valence-electron chi connectivity index (χ3n) is 3.42. The van der Waals surface area contributed by atoms with E-state index in [2.05, 4.69) is 0 Å². The highest BCUT2D eigenvalue weighted by molar-refractivity contribution is 7.89. The van der Waals surface area contributed by atoms with Gasteiger partial charge >= 0.3 is 0 Å². The SMILES string of the molecule is CN(Cc1ccc2c(c1)OCO2)S(=O)(=O)c1ccc(F)cc1Cl. The van der Waals surface area contributed by atoms with Crippen LogP contribution in [-0.4, -0.2) is 26.6 Å². The maximum Gasteiger partial charge on any atom is 0.244 e. The van der Waals surface area contributed by atoms with Crippen molar-refractivity contribution in [1.82, 2.24) is 4.31 Å². The molecule has 0 saturated heterocycles. The second-order valence-corrected chi connectivity index (χ2v) is 7.44. The van der Waals surface area contributed by atoms with Gasteiger partial charge in [-0.2, -0.15) is 4.31 Å². The van der Waals surface area contributed by atoms with E-state index in [0.29, 0.717) is 11.5 Å². The van der Waals surface area contributed by atoms with Gasteiger partial charge in [0.25, 0.3) is 0 Å².